The van der Waals surface area contributed by atoms with Gasteiger partial charge in [0.2, 0.25) is 5.82 Å². The van der Waals surface area contributed by atoms with E-state index >= 15 is 0 Å². The minimum Gasteiger partial charge on any atom is -0.618 e. The lowest BCUT2D eigenvalue weighted by atomic mass is 10.3. The summed E-state index contributed by atoms with van der Waals surface area (Å²) in [5, 5.41) is 19.2. The molecule has 6 heteroatoms. The largest absolute Gasteiger partial charge is 0.618 e. The lowest BCUT2D eigenvalue weighted by molar-refractivity contribution is -0.594. The Hall–Kier alpha value is -2.50. The average Bonchev–Trinajstić information content (AvgIpc) is 2.76. The highest BCUT2D eigenvalue weighted by Gasteiger charge is 2.12. The second-order valence-corrected chi connectivity index (χ2v) is 3.19. The SMILES string of the molecule is [O-][n+]1ccccc1-c1nnc2cocc2n1. The molecule has 0 unspecified atom stereocenters. The number of furan rings is 1. The van der Waals surface area contributed by atoms with Crippen LogP contribution < -0.4 is 4.73 Å². The van der Waals surface area contributed by atoms with Crippen molar-refractivity contribution in [1.29, 1.82) is 0 Å². The van der Waals surface area contributed by atoms with Gasteiger partial charge in [-0.1, -0.05) is 0 Å². The standard InChI is InChI=1S/C10H6N4O2/c15-14-4-2-1-3-9(14)10-11-7-5-16-6-8(7)12-13-10/h1-6H. The smallest absolute Gasteiger partial charge is 0.263 e. The Morgan fingerprint density at radius 2 is 2.00 bits per heavy atom. The Kier molecular flexibility index (Phi) is 1.79. The Morgan fingerprint density at radius 1 is 1.12 bits per heavy atom. The minimum atomic E-state index is 0.282. The molecule has 16 heavy (non-hydrogen) atoms. The van der Waals surface area contributed by atoms with Gasteiger partial charge in [-0.2, -0.15) is 4.73 Å². The van der Waals surface area contributed by atoms with Gasteiger partial charge < -0.3 is 9.62 Å². The Bertz CT molecular complexity index is 650. The van der Waals surface area contributed by atoms with Crippen LogP contribution in [0.1, 0.15) is 0 Å². The Morgan fingerprint density at radius 3 is 2.88 bits per heavy atom. The van der Waals surface area contributed by atoms with Crippen molar-refractivity contribution in [2.75, 3.05) is 0 Å². The number of pyridine rings is 1. The van der Waals surface area contributed by atoms with Crippen molar-refractivity contribution in [2.45, 2.75) is 0 Å². The molecule has 0 saturated carbocycles. The third kappa shape index (κ3) is 1.28. The van der Waals surface area contributed by atoms with E-state index in [-0.39, 0.29) is 5.82 Å². The number of hydrogen-bond acceptors (Lipinski definition) is 5. The van der Waals surface area contributed by atoms with Gasteiger partial charge in [0, 0.05) is 12.1 Å². The van der Waals surface area contributed by atoms with Crippen molar-refractivity contribution in [3.8, 4) is 11.5 Å². The molecule has 0 bridgehead atoms. The highest BCUT2D eigenvalue weighted by atomic mass is 16.5. The number of hydrogen-bond donors (Lipinski definition) is 0. The van der Waals surface area contributed by atoms with Gasteiger partial charge in [-0.05, 0) is 6.07 Å². The van der Waals surface area contributed by atoms with Gasteiger partial charge >= 0.3 is 0 Å². The van der Waals surface area contributed by atoms with E-state index in [0.717, 1.165) is 0 Å². The van der Waals surface area contributed by atoms with Gasteiger partial charge in [-0.15, -0.1) is 10.2 Å². The predicted molar refractivity (Wildman–Crippen MR) is 54.0 cm³/mol. The molecule has 0 aliphatic carbocycles. The summed E-state index contributed by atoms with van der Waals surface area (Å²) in [6.45, 7) is 0. The molecule has 0 spiro atoms. The van der Waals surface area contributed by atoms with Crippen LogP contribution in [0.2, 0.25) is 0 Å². The highest BCUT2D eigenvalue weighted by Crippen LogP contribution is 2.13. The average molecular weight is 214 g/mol. The van der Waals surface area contributed by atoms with Crippen LogP contribution in [-0.4, -0.2) is 15.2 Å². The summed E-state index contributed by atoms with van der Waals surface area (Å²) in [5.74, 6) is 0.282. The zero-order chi connectivity index (χ0) is 11.0. The van der Waals surface area contributed by atoms with Crippen LogP contribution in [0.15, 0.2) is 41.3 Å². The molecule has 0 radical (unpaired) electrons. The molecule has 0 saturated heterocycles. The molecule has 0 fully saturated rings. The molecule has 3 heterocycles. The molecule has 0 aliphatic heterocycles. The first-order valence-electron chi connectivity index (χ1n) is 4.60. The quantitative estimate of drug-likeness (QED) is 0.444. The van der Waals surface area contributed by atoms with Crippen LogP contribution in [0.3, 0.4) is 0 Å². The van der Waals surface area contributed by atoms with Crippen molar-refractivity contribution < 1.29 is 9.15 Å². The summed E-state index contributed by atoms with van der Waals surface area (Å²) in [6, 6.07) is 5.02. The van der Waals surface area contributed by atoms with Gasteiger partial charge in [0.05, 0.1) is 0 Å². The normalized spacial score (nSPS) is 10.8. The summed E-state index contributed by atoms with van der Waals surface area (Å²) in [6.07, 6.45) is 4.30. The number of fused-ring (bicyclic) bond motifs is 1. The van der Waals surface area contributed by atoms with Crippen molar-refractivity contribution in [2.24, 2.45) is 0 Å². The molecular weight excluding hydrogens is 208 g/mol. The van der Waals surface area contributed by atoms with E-state index in [2.05, 4.69) is 15.2 Å². The second kappa shape index (κ2) is 3.27. The lowest BCUT2D eigenvalue weighted by Crippen LogP contribution is -2.28. The van der Waals surface area contributed by atoms with E-state index in [9.17, 15) is 5.21 Å². The van der Waals surface area contributed by atoms with Gasteiger partial charge in [-0.3, -0.25) is 0 Å². The van der Waals surface area contributed by atoms with Crippen molar-refractivity contribution in [3.05, 3.63) is 42.1 Å². The Balaban J connectivity index is 2.22. The van der Waals surface area contributed by atoms with Crippen molar-refractivity contribution in [1.82, 2.24) is 15.2 Å². The molecule has 6 nitrogen and oxygen atoms in total. The molecule has 3 aromatic rings. The van der Waals surface area contributed by atoms with E-state index in [1.165, 1.54) is 18.7 Å². The monoisotopic (exact) mass is 214 g/mol. The molecular formula is C10H6N4O2. The zero-order valence-electron chi connectivity index (χ0n) is 8.07. The topological polar surface area (TPSA) is 78.8 Å². The zero-order valence-corrected chi connectivity index (χ0v) is 8.07. The van der Waals surface area contributed by atoms with E-state index in [1.807, 2.05) is 0 Å². The second-order valence-electron chi connectivity index (χ2n) is 3.19. The first kappa shape index (κ1) is 8.78. The highest BCUT2D eigenvalue weighted by molar-refractivity contribution is 5.72. The van der Waals surface area contributed by atoms with Crippen molar-refractivity contribution >= 4 is 11.0 Å². The molecule has 0 atom stereocenters. The summed E-state index contributed by atoms with van der Waals surface area (Å²) in [4.78, 5) is 4.18. The van der Waals surface area contributed by atoms with Crippen LogP contribution in [0, 0.1) is 5.21 Å². The van der Waals surface area contributed by atoms with E-state index in [4.69, 9.17) is 4.42 Å². The first-order chi connectivity index (χ1) is 7.84. The fourth-order valence-electron chi connectivity index (χ4n) is 1.39. The van der Waals surface area contributed by atoms with Crippen LogP contribution in [-0.2, 0) is 0 Å². The molecule has 3 aromatic heterocycles. The third-order valence-electron chi connectivity index (χ3n) is 2.15. The van der Waals surface area contributed by atoms with E-state index in [1.54, 1.807) is 18.2 Å². The molecule has 0 amide bonds. The lowest BCUT2D eigenvalue weighted by Gasteiger charge is -2.00. The maximum atomic E-state index is 11.5. The van der Waals surface area contributed by atoms with Crippen LogP contribution in [0.4, 0.5) is 0 Å². The maximum Gasteiger partial charge on any atom is 0.263 e. The van der Waals surface area contributed by atoms with E-state index in [0.29, 0.717) is 21.5 Å². The summed E-state index contributed by atoms with van der Waals surface area (Å²) < 4.78 is 5.63. The van der Waals surface area contributed by atoms with Crippen LogP contribution >= 0.6 is 0 Å². The summed E-state index contributed by atoms with van der Waals surface area (Å²) in [7, 11) is 0. The molecule has 78 valence electrons. The number of rotatable bonds is 1. The Labute approximate surface area is 89.8 Å². The minimum absolute atomic E-state index is 0.282. The van der Waals surface area contributed by atoms with Crippen LogP contribution in [0.5, 0.6) is 0 Å². The predicted octanol–water partition coefficient (Wildman–Crippen LogP) is 0.918. The third-order valence-corrected chi connectivity index (χ3v) is 2.15. The molecule has 0 aliphatic rings. The van der Waals surface area contributed by atoms with Gasteiger partial charge in [0.25, 0.3) is 5.69 Å². The van der Waals surface area contributed by atoms with Crippen LogP contribution in [0.25, 0.3) is 22.6 Å². The molecule has 0 N–H and O–H groups in total. The number of aromatic nitrogens is 4. The summed E-state index contributed by atoms with van der Waals surface area (Å²) in [5.41, 5.74) is 1.50. The van der Waals surface area contributed by atoms with Gasteiger partial charge in [0.1, 0.15) is 23.6 Å². The fourth-order valence-corrected chi connectivity index (χ4v) is 1.39. The fraction of sp³-hybridized carbons (Fsp3) is 0. The van der Waals surface area contributed by atoms with Gasteiger partial charge in [-0.25, -0.2) is 4.98 Å². The maximum absolute atomic E-state index is 11.5. The molecule has 0 aromatic carbocycles. The molecule has 3 rings (SSSR count). The van der Waals surface area contributed by atoms with Gasteiger partial charge in [0.15, 0.2) is 6.20 Å². The first-order valence-corrected chi connectivity index (χ1v) is 4.60. The van der Waals surface area contributed by atoms with E-state index < -0.39 is 0 Å². The number of nitrogens with zero attached hydrogens (tertiary/aromatic N) is 4. The van der Waals surface area contributed by atoms with Crippen molar-refractivity contribution in [3.63, 3.8) is 0 Å². The summed E-state index contributed by atoms with van der Waals surface area (Å²) >= 11 is 0.